The van der Waals surface area contributed by atoms with E-state index in [0.717, 1.165) is 27.9 Å². The first-order valence-corrected chi connectivity index (χ1v) is 10.3. The zero-order valence-corrected chi connectivity index (χ0v) is 20.1. The van der Waals surface area contributed by atoms with E-state index < -0.39 is 30.0 Å². The molecule has 30 heavy (non-hydrogen) atoms. The zero-order valence-electron chi connectivity index (χ0n) is 20.1. The fourth-order valence-corrected chi connectivity index (χ4v) is 3.07. The van der Waals surface area contributed by atoms with Gasteiger partial charge in [0.2, 0.25) is 0 Å². The SMILES string of the molecule is COc1cc(C)c(C=C(CNC(=O)OC(C)(C)C)B2OC(C)(C)C(C)(C)O2)cc1C. The van der Waals surface area contributed by atoms with Gasteiger partial charge in [-0.2, -0.15) is 0 Å². The summed E-state index contributed by atoms with van der Waals surface area (Å²) < 4.78 is 23.3. The number of nitrogens with one attached hydrogen (secondary N) is 1. The van der Waals surface area contributed by atoms with Crippen LogP contribution in [0, 0.1) is 13.8 Å². The molecule has 0 radical (unpaired) electrons. The van der Waals surface area contributed by atoms with Crippen LogP contribution in [0.3, 0.4) is 0 Å². The maximum Gasteiger partial charge on any atom is 0.492 e. The Hall–Kier alpha value is -1.99. The summed E-state index contributed by atoms with van der Waals surface area (Å²) in [6.45, 7) is 17.8. The molecular formula is C23H36BNO5. The van der Waals surface area contributed by atoms with Gasteiger partial charge in [-0.3, -0.25) is 0 Å². The number of benzene rings is 1. The molecular weight excluding hydrogens is 381 g/mol. The Kier molecular flexibility index (Phi) is 6.99. The lowest BCUT2D eigenvalue weighted by atomic mass is 9.76. The van der Waals surface area contributed by atoms with Crippen molar-refractivity contribution in [2.75, 3.05) is 13.7 Å². The van der Waals surface area contributed by atoms with Gasteiger partial charge in [0.05, 0.1) is 18.3 Å². The number of hydrogen-bond acceptors (Lipinski definition) is 5. The predicted molar refractivity (Wildman–Crippen MR) is 121 cm³/mol. The van der Waals surface area contributed by atoms with Crippen LogP contribution < -0.4 is 10.1 Å². The number of carbonyl (C=O) groups excluding carboxylic acids is 1. The van der Waals surface area contributed by atoms with Gasteiger partial charge in [0, 0.05) is 6.54 Å². The highest BCUT2D eigenvalue weighted by atomic mass is 16.7. The largest absolute Gasteiger partial charge is 0.496 e. The summed E-state index contributed by atoms with van der Waals surface area (Å²) in [4.78, 5) is 12.2. The average Bonchev–Trinajstić information content (AvgIpc) is 2.80. The molecule has 1 amide bonds. The van der Waals surface area contributed by atoms with Crippen LogP contribution in [0.15, 0.2) is 17.6 Å². The molecule has 1 heterocycles. The number of rotatable bonds is 5. The van der Waals surface area contributed by atoms with Gasteiger partial charge in [0.1, 0.15) is 11.4 Å². The van der Waals surface area contributed by atoms with E-state index >= 15 is 0 Å². The van der Waals surface area contributed by atoms with Gasteiger partial charge in [0.15, 0.2) is 0 Å². The second kappa shape index (κ2) is 8.63. The van der Waals surface area contributed by atoms with Crippen molar-refractivity contribution in [1.29, 1.82) is 0 Å². The molecule has 1 saturated heterocycles. The Labute approximate surface area is 181 Å². The van der Waals surface area contributed by atoms with Crippen molar-refractivity contribution in [2.45, 2.75) is 79.1 Å². The van der Waals surface area contributed by atoms with E-state index in [0.29, 0.717) is 0 Å². The van der Waals surface area contributed by atoms with Gasteiger partial charge in [-0.05, 0) is 96.6 Å². The van der Waals surface area contributed by atoms with Crippen molar-refractivity contribution in [3.8, 4) is 5.75 Å². The van der Waals surface area contributed by atoms with Crippen LogP contribution in [0.1, 0.15) is 65.2 Å². The monoisotopic (exact) mass is 417 g/mol. The normalized spacial score (nSPS) is 18.3. The number of ether oxygens (including phenoxy) is 2. The first-order chi connectivity index (χ1) is 13.6. The third kappa shape index (κ3) is 5.79. The van der Waals surface area contributed by atoms with Crippen LogP contribution in [0.2, 0.25) is 0 Å². The minimum atomic E-state index is -0.577. The highest BCUT2D eigenvalue weighted by Gasteiger charge is 2.52. The standard InChI is InChI=1S/C23H36BNO5/c1-15-12-19(27-10)16(2)11-17(15)13-18(14-25-20(26)28-21(3,4)5)24-29-22(6,7)23(8,9)30-24/h11-13H,14H2,1-10H3,(H,25,26). The smallest absolute Gasteiger partial charge is 0.492 e. The van der Waals surface area contributed by atoms with Crippen molar-refractivity contribution in [2.24, 2.45) is 0 Å². The first kappa shape index (κ1) is 24.3. The third-order valence-electron chi connectivity index (χ3n) is 5.52. The molecule has 1 aromatic rings. The molecule has 1 aliphatic rings. The summed E-state index contributed by atoms with van der Waals surface area (Å²) in [7, 11) is 1.09. The Morgan fingerprint density at radius 1 is 1.10 bits per heavy atom. The second-order valence-electron chi connectivity index (χ2n) is 9.84. The average molecular weight is 417 g/mol. The Balaban J connectivity index is 2.36. The van der Waals surface area contributed by atoms with Crippen LogP contribution in [0.25, 0.3) is 6.08 Å². The number of methoxy groups -OCH3 is 1. The van der Waals surface area contributed by atoms with E-state index in [1.165, 1.54) is 0 Å². The molecule has 0 spiro atoms. The molecule has 7 heteroatoms. The molecule has 2 rings (SSSR count). The highest BCUT2D eigenvalue weighted by Crippen LogP contribution is 2.39. The zero-order chi connectivity index (χ0) is 22.9. The van der Waals surface area contributed by atoms with E-state index in [1.54, 1.807) is 7.11 Å². The lowest BCUT2D eigenvalue weighted by Gasteiger charge is -2.32. The summed E-state index contributed by atoms with van der Waals surface area (Å²) in [5, 5.41) is 2.83. The number of aryl methyl sites for hydroxylation is 2. The molecule has 1 aliphatic heterocycles. The summed E-state index contributed by atoms with van der Waals surface area (Å²) in [5.41, 5.74) is 2.39. The molecule has 0 bridgehead atoms. The van der Waals surface area contributed by atoms with E-state index in [1.807, 2.05) is 74.5 Å². The topological polar surface area (TPSA) is 66.0 Å². The van der Waals surface area contributed by atoms with E-state index in [2.05, 4.69) is 11.4 Å². The quantitative estimate of drug-likeness (QED) is 0.694. The van der Waals surface area contributed by atoms with Crippen molar-refractivity contribution in [3.05, 3.63) is 34.3 Å². The van der Waals surface area contributed by atoms with Gasteiger partial charge in [-0.1, -0.05) is 6.08 Å². The van der Waals surface area contributed by atoms with Crippen LogP contribution in [0.4, 0.5) is 4.79 Å². The summed E-state index contributed by atoms with van der Waals surface area (Å²) in [5.74, 6) is 0.841. The number of carbonyl (C=O) groups is 1. The van der Waals surface area contributed by atoms with E-state index in [-0.39, 0.29) is 6.54 Å². The van der Waals surface area contributed by atoms with E-state index in [4.69, 9.17) is 18.8 Å². The maximum absolute atomic E-state index is 12.2. The Morgan fingerprint density at radius 2 is 1.67 bits per heavy atom. The van der Waals surface area contributed by atoms with Crippen molar-refractivity contribution in [1.82, 2.24) is 5.32 Å². The van der Waals surface area contributed by atoms with Crippen molar-refractivity contribution < 1.29 is 23.6 Å². The van der Waals surface area contributed by atoms with Gasteiger partial charge < -0.3 is 24.1 Å². The summed E-state index contributed by atoms with van der Waals surface area (Å²) in [6, 6.07) is 4.07. The number of alkyl carbamates (subject to hydrolysis) is 1. The molecule has 0 aromatic heterocycles. The second-order valence-corrected chi connectivity index (χ2v) is 9.84. The minimum absolute atomic E-state index is 0.246. The fourth-order valence-electron chi connectivity index (χ4n) is 3.07. The summed E-state index contributed by atoms with van der Waals surface area (Å²) >= 11 is 0. The third-order valence-corrected chi connectivity index (χ3v) is 5.52. The molecule has 1 fully saturated rings. The molecule has 0 atom stereocenters. The van der Waals surface area contributed by atoms with Gasteiger partial charge >= 0.3 is 13.2 Å². The maximum atomic E-state index is 12.2. The molecule has 166 valence electrons. The summed E-state index contributed by atoms with van der Waals surface area (Å²) in [6.07, 6.45) is 1.54. The Bertz CT molecular complexity index is 808. The minimum Gasteiger partial charge on any atom is -0.496 e. The van der Waals surface area contributed by atoms with E-state index in [9.17, 15) is 4.79 Å². The van der Waals surface area contributed by atoms with Gasteiger partial charge in [-0.15, -0.1) is 0 Å². The number of hydrogen-bond donors (Lipinski definition) is 1. The highest BCUT2D eigenvalue weighted by molar-refractivity contribution is 6.56. The fraction of sp³-hybridized carbons (Fsp3) is 0.609. The molecule has 0 saturated carbocycles. The first-order valence-electron chi connectivity index (χ1n) is 10.3. The van der Waals surface area contributed by atoms with Crippen molar-refractivity contribution in [3.63, 3.8) is 0 Å². The van der Waals surface area contributed by atoms with Crippen LogP contribution >= 0.6 is 0 Å². The van der Waals surface area contributed by atoms with Crippen LogP contribution in [0.5, 0.6) is 5.75 Å². The molecule has 0 aliphatic carbocycles. The van der Waals surface area contributed by atoms with Crippen LogP contribution in [-0.2, 0) is 14.0 Å². The van der Waals surface area contributed by atoms with Gasteiger partial charge in [0.25, 0.3) is 0 Å². The van der Waals surface area contributed by atoms with Gasteiger partial charge in [-0.25, -0.2) is 4.79 Å². The van der Waals surface area contributed by atoms with Crippen LogP contribution in [-0.4, -0.2) is 43.7 Å². The molecule has 0 unspecified atom stereocenters. The molecule has 6 nitrogen and oxygen atoms in total. The number of amides is 1. The van der Waals surface area contributed by atoms with Crippen molar-refractivity contribution >= 4 is 19.3 Å². The lowest BCUT2D eigenvalue weighted by molar-refractivity contribution is 0.00578. The predicted octanol–water partition coefficient (Wildman–Crippen LogP) is 4.85. The Morgan fingerprint density at radius 3 is 2.17 bits per heavy atom. The molecule has 1 aromatic carbocycles. The molecule has 1 N–H and O–H groups in total. The lowest BCUT2D eigenvalue weighted by Crippen LogP contribution is -2.41.